The minimum absolute atomic E-state index is 0.0134. The maximum Gasteiger partial charge on any atom is 0.573 e. The van der Waals surface area contributed by atoms with E-state index in [1.807, 2.05) is 0 Å². The lowest BCUT2D eigenvalue weighted by molar-refractivity contribution is -0.274. The Morgan fingerprint density at radius 1 is 1.12 bits per heavy atom. The number of ether oxygens (including phenoxy) is 2. The largest absolute Gasteiger partial charge is 0.573 e. The molecule has 1 aliphatic carbocycles. The van der Waals surface area contributed by atoms with E-state index in [9.17, 15) is 26.4 Å². The van der Waals surface area contributed by atoms with E-state index < -0.39 is 33.0 Å². The molecule has 174 valence electrons. The minimum Gasteiger partial charge on any atom is -0.459 e. The molecule has 8 nitrogen and oxygen atoms in total. The van der Waals surface area contributed by atoms with Crippen molar-refractivity contribution in [3.63, 3.8) is 0 Å². The summed E-state index contributed by atoms with van der Waals surface area (Å²) in [7, 11) is -3.42. The number of hydrogen-bond donors (Lipinski definition) is 0. The second-order valence-electron chi connectivity index (χ2n) is 7.03. The molecule has 3 rings (SSSR count). The molecule has 2 aromatic rings. The number of halogens is 3. The van der Waals surface area contributed by atoms with E-state index in [1.165, 1.54) is 12.3 Å². The standard InChI is InChI=1S/C20H21F3N2O6S/c1-29-25(32(27,28)18-9-5-8-17(11-18)31-20(21,22)23)15-10-14(12-24-13-15)19(26)30-16-6-3-2-4-7-16/h5,8-13,16H,2-4,6-7H2,1H3. The molecule has 0 radical (unpaired) electrons. The average molecular weight is 474 g/mol. The van der Waals surface area contributed by atoms with Crippen molar-refractivity contribution < 1.29 is 40.7 Å². The zero-order chi connectivity index (χ0) is 23.4. The Morgan fingerprint density at radius 2 is 1.84 bits per heavy atom. The van der Waals surface area contributed by atoms with Crippen LogP contribution in [0.4, 0.5) is 18.9 Å². The van der Waals surface area contributed by atoms with Crippen LogP contribution in [0, 0.1) is 0 Å². The summed E-state index contributed by atoms with van der Waals surface area (Å²) in [5.74, 6) is -1.36. The lowest BCUT2D eigenvalue weighted by Gasteiger charge is -2.23. The number of rotatable bonds is 7. The van der Waals surface area contributed by atoms with Crippen molar-refractivity contribution in [2.75, 3.05) is 11.6 Å². The zero-order valence-corrected chi connectivity index (χ0v) is 17.9. The molecule has 0 saturated heterocycles. The predicted octanol–water partition coefficient (Wildman–Crippen LogP) is 4.23. The van der Waals surface area contributed by atoms with E-state index in [0.717, 1.165) is 63.6 Å². The summed E-state index contributed by atoms with van der Waals surface area (Å²) >= 11 is 0. The number of carbonyl (C=O) groups excluding carboxylic acids is 1. The minimum atomic E-state index is -4.99. The molecule has 0 bridgehead atoms. The topological polar surface area (TPSA) is 95.0 Å². The van der Waals surface area contributed by atoms with Gasteiger partial charge in [0.05, 0.1) is 23.8 Å². The highest BCUT2D eigenvalue weighted by atomic mass is 32.2. The first kappa shape index (κ1) is 23.8. The second kappa shape index (κ2) is 9.74. The van der Waals surface area contributed by atoms with E-state index in [1.54, 1.807) is 0 Å². The Labute approximate surface area is 182 Å². The number of nitrogens with zero attached hydrogens (tertiary/aromatic N) is 2. The number of sulfonamides is 1. The zero-order valence-electron chi connectivity index (χ0n) is 17.0. The summed E-state index contributed by atoms with van der Waals surface area (Å²) in [4.78, 5) is 20.8. The second-order valence-corrected chi connectivity index (χ2v) is 8.79. The van der Waals surface area contributed by atoms with Gasteiger partial charge in [-0.15, -0.1) is 17.6 Å². The summed E-state index contributed by atoms with van der Waals surface area (Å²) in [5.41, 5.74) is -0.118. The molecule has 1 fully saturated rings. The fourth-order valence-electron chi connectivity index (χ4n) is 3.31. The van der Waals surface area contributed by atoms with Crippen molar-refractivity contribution in [1.82, 2.24) is 4.98 Å². The molecule has 1 saturated carbocycles. The summed E-state index contributed by atoms with van der Waals surface area (Å²) < 4.78 is 73.2. The molecule has 0 aliphatic heterocycles. The molecule has 0 amide bonds. The van der Waals surface area contributed by atoms with E-state index in [0.29, 0.717) is 10.5 Å². The monoisotopic (exact) mass is 474 g/mol. The molecule has 0 spiro atoms. The number of alkyl halides is 3. The lowest BCUT2D eigenvalue weighted by Crippen LogP contribution is -2.30. The van der Waals surface area contributed by atoms with Crippen LogP contribution in [0.2, 0.25) is 0 Å². The predicted molar refractivity (Wildman–Crippen MR) is 106 cm³/mol. The first-order valence-corrected chi connectivity index (χ1v) is 11.2. The van der Waals surface area contributed by atoms with Crippen molar-refractivity contribution in [1.29, 1.82) is 0 Å². The fraction of sp³-hybridized carbons (Fsp3) is 0.400. The van der Waals surface area contributed by atoms with Crippen LogP contribution >= 0.6 is 0 Å². The molecule has 32 heavy (non-hydrogen) atoms. The van der Waals surface area contributed by atoms with Gasteiger partial charge in [-0.3, -0.25) is 9.82 Å². The maximum atomic E-state index is 13.0. The lowest BCUT2D eigenvalue weighted by atomic mass is 9.98. The van der Waals surface area contributed by atoms with Crippen molar-refractivity contribution in [3.8, 4) is 5.75 Å². The highest BCUT2D eigenvalue weighted by Crippen LogP contribution is 2.29. The van der Waals surface area contributed by atoms with Gasteiger partial charge in [0.2, 0.25) is 0 Å². The van der Waals surface area contributed by atoms with E-state index in [-0.39, 0.29) is 17.4 Å². The first-order valence-electron chi connectivity index (χ1n) is 9.71. The van der Waals surface area contributed by atoms with E-state index in [2.05, 4.69) is 9.72 Å². The number of esters is 1. The molecule has 0 atom stereocenters. The smallest absolute Gasteiger partial charge is 0.459 e. The van der Waals surface area contributed by atoms with Crippen LogP contribution in [-0.4, -0.2) is 38.9 Å². The fourth-order valence-corrected chi connectivity index (χ4v) is 4.59. The number of carbonyl (C=O) groups is 1. The molecule has 1 heterocycles. The molecular weight excluding hydrogens is 453 g/mol. The van der Waals surface area contributed by atoms with Crippen LogP contribution in [0.5, 0.6) is 5.75 Å². The number of pyridine rings is 1. The van der Waals surface area contributed by atoms with Gasteiger partial charge in [-0.2, -0.15) is 8.42 Å². The number of benzene rings is 1. The molecular formula is C20H21F3N2O6S. The van der Waals surface area contributed by atoms with Gasteiger partial charge in [0.15, 0.2) is 0 Å². The summed E-state index contributed by atoms with van der Waals surface area (Å²) in [6.07, 6.45) is 1.69. The average Bonchev–Trinajstić information content (AvgIpc) is 2.74. The molecule has 1 aliphatic rings. The highest BCUT2D eigenvalue weighted by Gasteiger charge is 2.33. The SMILES string of the molecule is CON(c1cncc(C(=O)OC2CCCCC2)c1)S(=O)(=O)c1cccc(OC(F)(F)F)c1. The quantitative estimate of drug-likeness (QED) is 0.438. The normalized spacial score (nSPS) is 15.2. The summed E-state index contributed by atoms with van der Waals surface area (Å²) in [6.45, 7) is 0. The van der Waals surface area contributed by atoms with Gasteiger partial charge < -0.3 is 9.47 Å². The third kappa shape index (κ3) is 5.88. The van der Waals surface area contributed by atoms with Gasteiger partial charge in [-0.1, -0.05) is 12.5 Å². The molecule has 12 heteroatoms. The third-order valence-electron chi connectivity index (χ3n) is 4.72. The van der Waals surface area contributed by atoms with Crippen molar-refractivity contribution >= 4 is 21.7 Å². The van der Waals surface area contributed by atoms with Gasteiger partial charge >= 0.3 is 12.3 Å². The van der Waals surface area contributed by atoms with E-state index in [4.69, 9.17) is 9.57 Å². The molecule has 1 aromatic heterocycles. The van der Waals surface area contributed by atoms with Gasteiger partial charge in [0.25, 0.3) is 10.0 Å². The molecule has 0 unspecified atom stereocenters. The summed E-state index contributed by atoms with van der Waals surface area (Å²) in [6, 6.07) is 5.07. The Morgan fingerprint density at radius 3 is 2.50 bits per heavy atom. The summed E-state index contributed by atoms with van der Waals surface area (Å²) in [5, 5.41) is 0. The maximum absolute atomic E-state index is 13.0. The number of hydrogen-bond acceptors (Lipinski definition) is 7. The van der Waals surface area contributed by atoms with Gasteiger partial charge in [-0.05, 0) is 43.9 Å². The van der Waals surface area contributed by atoms with Crippen molar-refractivity contribution in [2.45, 2.75) is 49.5 Å². The molecule has 1 aromatic carbocycles. The Kier molecular flexibility index (Phi) is 7.24. The first-order chi connectivity index (χ1) is 15.1. The third-order valence-corrected chi connectivity index (χ3v) is 6.36. The highest BCUT2D eigenvalue weighted by molar-refractivity contribution is 7.92. The van der Waals surface area contributed by atoms with Crippen LogP contribution in [0.1, 0.15) is 42.5 Å². The van der Waals surface area contributed by atoms with Gasteiger partial charge in [-0.25, -0.2) is 4.79 Å². The van der Waals surface area contributed by atoms with Gasteiger partial charge in [0.1, 0.15) is 17.5 Å². The molecule has 0 N–H and O–H groups in total. The van der Waals surface area contributed by atoms with Crippen LogP contribution in [0.3, 0.4) is 0 Å². The Bertz CT molecular complexity index is 1060. The van der Waals surface area contributed by atoms with Crippen molar-refractivity contribution in [3.05, 3.63) is 48.3 Å². The number of anilines is 1. The number of aromatic nitrogens is 1. The van der Waals surface area contributed by atoms with Crippen LogP contribution in [-0.2, 0) is 19.6 Å². The Hall–Kier alpha value is -2.86. The Balaban J connectivity index is 1.85. The van der Waals surface area contributed by atoms with Gasteiger partial charge in [0, 0.05) is 12.3 Å². The van der Waals surface area contributed by atoms with Crippen LogP contribution < -0.4 is 9.21 Å². The van der Waals surface area contributed by atoms with Crippen LogP contribution in [0.25, 0.3) is 0 Å². The van der Waals surface area contributed by atoms with Crippen LogP contribution in [0.15, 0.2) is 47.6 Å². The van der Waals surface area contributed by atoms with Crippen molar-refractivity contribution in [2.24, 2.45) is 0 Å². The van der Waals surface area contributed by atoms with E-state index >= 15 is 0 Å².